The lowest BCUT2D eigenvalue weighted by Gasteiger charge is -2.33. The zero-order chi connectivity index (χ0) is 21.6. The molecule has 4 aromatic carbocycles. The maximum absolute atomic E-state index is 6.63. The quantitative estimate of drug-likeness (QED) is 0.252. The van der Waals surface area contributed by atoms with Crippen LogP contribution in [-0.4, -0.2) is 6.71 Å². The van der Waals surface area contributed by atoms with E-state index in [2.05, 4.69) is 93.6 Å². The molecule has 3 heterocycles. The van der Waals surface area contributed by atoms with Crippen molar-refractivity contribution in [1.82, 2.24) is 0 Å². The van der Waals surface area contributed by atoms with Crippen LogP contribution in [0.15, 0.2) is 96.8 Å². The highest BCUT2D eigenvalue weighted by atomic mass is 32.2. The number of benzene rings is 4. The molecule has 1 nitrogen and oxygen atoms in total. The van der Waals surface area contributed by atoms with Crippen LogP contribution in [0, 0.1) is 0 Å². The van der Waals surface area contributed by atoms with Crippen molar-refractivity contribution in [2.75, 3.05) is 0 Å². The minimum atomic E-state index is 0.0253. The third kappa shape index (κ3) is 2.51. The molecular weight excluding hydrogens is 427 g/mol. The zero-order valence-electron chi connectivity index (χ0n) is 18.2. The summed E-state index contributed by atoms with van der Waals surface area (Å²) in [7, 11) is 0. The van der Waals surface area contributed by atoms with Crippen LogP contribution >= 0.6 is 23.5 Å². The molecule has 32 heavy (non-hydrogen) atoms. The molecule has 0 spiro atoms. The van der Waals surface area contributed by atoms with Crippen molar-refractivity contribution in [3.63, 3.8) is 0 Å². The van der Waals surface area contributed by atoms with E-state index >= 15 is 0 Å². The van der Waals surface area contributed by atoms with Gasteiger partial charge in [-0.3, -0.25) is 0 Å². The van der Waals surface area contributed by atoms with Gasteiger partial charge < -0.3 is 4.42 Å². The number of hydrogen-bond acceptors (Lipinski definition) is 3. The summed E-state index contributed by atoms with van der Waals surface area (Å²) in [5.74, 6) is 0. The molecule has 154 valence electrons. The molecule has 2 aliphatic heterocycles. The van der Waals surface area contributed by atoms with Gasteiger partial charge in [0.2, 0.25) is 6.71 Å². The molecular formula is C28H21BOS2. The van der Waals surface area contributed by atoms with Gasteiger partial charge in [-0.25, -0.2) is 0 Å². The summed E-state index contributed by atoms with van der Waals surface area (Å²) in [6.07, 6.45) is 0. The minimum absolute atomic E-state index is 0.0253. The normalized spacial score (nSPS) is 14.4. The van der Waals surface area contributed by atoms with Crippen LogP contribution in [0.25, 0.3) is 21.9 Å². The second-order valence-corrected chi connectivity index (χ2v) is 11.9. The summed E-state index contributed by atoms with van der Waals surface area (Å²) in [5.41, 5.74) is 7.62. The molecule has 0 atom stereocenters. The molecule has 7 rings (SSSR count). The van der Waals surface area contributed by atoms with Crippen LogP contribution < -0.4 is 16.4 Å². The second-order valence-electron chi connectivity index (χ2n) is 9.74. The molecule has 0 fully saturated rings. The number of furan rings is 1. The van der Waals surface area contributed by atoms with Gasteiger partial charge in [0.1, 0.15) is 11.2 Å². The van der Waals surface area contributed by atoms with E-state index in [0.717, 1.165) is 11.2 Å². The monoisotopic (exact) mass is 448 g/mol. The van der Waals surface area contributed by atoms with Crippen LogP contribution in [0.5, 0.6) is 0 Å². The largest absolute Gasteiger partial charge is 0.456 e. The van der Waals surface area contributed by atoms with Gasteiger partial charge in [-0.2, -0.15) is 0 Å². The topological polar surface area (TPSA) is 13.1 Å². The van der Waals surface area contributed by atoms with Crippen molar-refractivity contribution in [3.05, 3.63) is 78.4 Å². The van der Waals surface area contributed by atoms with Crippen LogP contribution in [-0.2, 0) is 5.41 Å². The summed E-state index contributed by atoms with van der Waals surface area (Å²) in [4.78, 5) is 5.40. The summed E-state index contributed by atoms with van der Waals surface area (Å²) in [5, 5.41) is 2.51. The highest BCUT2D eigenvalue weighted by Gasteiger charge is 2.39. The molecule has 5 aromatic rings. The van der Waals surface area contributed by atoms with E-state index in [1.807, 2.05) is 23.5 Å². The Morgan fingerprint density at radius 2 is 1.44 bits per heavy atom. The Bertz CT molecular complexity index is 1560. The van der Waals surface area contributed by atoms with E-state index in [-0.39, 0.29) is 12.1 Å². The smallest absolute Gasteiger partial charge is 0.247 e. The lowest BCUT2D eigenvalue weighted by molar-refractivity contribution is 0.572. The summed E-state index contributed by atoms with van der Waals surface area (Å²) < 4.78 is 6.63. The lowest BCUT2D eigenvalue weighted by atomic mass is 9.36. The molecule has 2 aliphatic rings. The van der Waals surface area contributed by atoms with Crippen molar-refractivity contribution in [2.24, 2.45) is 0 Å². The Kier molecular flexibility index (Phi) is 3.85. The maximum atomic E-state index is 6.63. The SMILES string of the molecule is CC(C)(C)c1cccc2c1oc1cc3c4c(c12)Sc1ccccc1B4c1ccccc1S3. The molecule has 0 aliphatic carbocycles. The van der Waals surface area contributed by atoms with E-state index in [0.29, 0.717) is 0 Å². The van der Waals surface area contributed by atoms with Gasteiger partial charge >= 0.3 is 0 Å². The fourth-order valence-electron chi connectivity index (χ4n) is 5.30. The molecule has 0 N–H and O–H groups in total. The van der Waals surface area contributed by atoms with Gasteiger partial charge in [0.15, 0.2) is 0 Å². The Morgan fingerprint density at radius 3 is 2.16 bits per heavy atom. The summed E-state index contributed by atoms with van der Waals surface area (Å²) in [6, 6.07) is 26.7. The van der Waals surface area contributed by atoms with E-state index in [1.54, 1.807) is 0 Å². The van der Waals surface area contributed by atoms with E-state index in [4.69, 9.17) is 4.42 Å². The fraction of sp³-hybridized carbons (Fsp3) is 0.143. The van der Waals surface area contributed by atoms with Gasteiger partial charge in [-0.15, -0.1) is 0 Å². The van der Waals surface area contributed by atoms with Crippen LogP contribution in [0.4, 0.5) is 0 Å². The number of hydrogen-bond donors (Lipinski definition) is 0. The van der Waals surface area contributed by atoms with Gasteiger partial charge in [0, 0.05) is 35.9 Å². The molecule has 0 saturated heterocycles. The fourth-order valence-corrected chi connectivity index (χ4v) is 7.87. The summed E-state index contributed by atoms with van der Waals surface area (Å²) in [6.45, 7) is 7.06. The molecule has 0 radical (unpaired) electrons. The first-order valence-corrected chi connectivity index (χ1v) is 12.7. The Labute approximate surface area is 196 Å². The van der Waals surface area contributed by atoms with E-state index in [9.17, 15) is 0 Å². The first kappa shape index (κ1) is 19.0. The number of rotatable bonds is 0. The molecule has 1 aromatic heterocycles. The highest BCUT2D eigenvalue weighted by Crippen LogP contribution is 2.46. The average molecular weight is 448 g/mol. The van der Waals surface area contributed by atoms with Crippen molar-refractivity contribution >= 4 is 68.6 Å². The van der Waals surface area contributed by atoms with Gasteiger partial charge in [-0.05, 0) is 29.1 Å². The van der Waals surface area contributed by atoms with Crippen LogP contribution in [0.1, 0.15) is 26.3 Å². The summed E-state index contributed by atoms with van der Waals surface area (Å²) >= 11 is 3.80. The zero-order valence-corrected chi connectivity index (χ0v) is 19.9. The number of para-hydroxylation sites is 1. The van der Waals surface area contributed by atoms with Crippen molar-refractivity contribution in [3.8, 4) is 0 Å². The predicted octanol–water partition coefficient (Wildman–Crippen LogP) is 6.33. The first-order valence-electron chi connectivity index (χ1n) is 11.1. The predicted molar refractivity (Wildman–Crippen MR) is 138 cm³/mol. The third-order valence-corrected chi connectivity index (χ3v) is 9.10. The molecule has 0 amide bonds. The van der Waals surface area contributed by atoms with Crippen molar-refractivity contribution in [2.45, 2.75) is 45.8 Å². The molecule has 0 saturated carbocycles. The standard InChI is InChI=1S/C28H21BOS2/c1-28(2,3)17-10-8-9-16-24-20(30-26(16)17)15-23-25-27(24)32-22-14-7-5-12-19(22)29(25)18-11-4-6-13-21(18)31-23/h4-15H,1-3H3. The van der Waals surface area contributed by atoms with Crippen LogP contribution in [0.3, 0.4) is 0 Å². The Hall–Kier alpha value is -2.56. The molecule has 4 heteroatoms. The van der Waals surface area contributed by atoms with E-state index in [1.165, 1.54) is 52.3 Å². The van der Waals surface area contributed by atoms with Crippen LogP contribution in [0.2, 0.25) is 0 Å². The Morgan fingerprint density at radius 1 is 0.750 bits per heavy atom. The Balaban J connectivity index is 1.63. The van der Waals surface area contributed by atoms with Gasteiger partial charge in [0.25, 0.3) is 0 Å². The van der Waals surface area contributed by atoms with Crippen molar-refractivity contribution < 1.29 is 4.42 Å². The second kappa shape index (κ2) is 6.49. The maximum Gasteiger partial charge on any atom is 0.247 e. The molecule has 0 bridgehead atoms. The highest BCUT2D eigenvalue weighted by molar-refractivity contribution is 8.01. The van der Waals surface area contributed by atoms with Gasteiger partial charge in [-0.1, -0.05) is 110 Å². The average Bonchev–Trinajstić information content (AvgIpc) is 3.16. The lowest BCUT2D eigenvalue weighted by Crippen LogP contribution is -2.57. The third-order valence-electron chi connectivity index (χ3n) is 6.73. The van der Waals surface area contributed by atoms with E-state index < -0.39 is 0 Å². The van der Waals surface area contributed by atoms with Gasteiger partial charge in [0.05, 0.1) is 0 Å². The van der Waals surface area contributed by atoms with Crippen molar-refractivity contribution in [1.29, 1.82) is 0 Å². The minimum Gasteiger partial charge on any atom is -0.456 e. The number of fused-ring (bicyclic) bond motifs is 8. The molecule has 0 unspecified atom stereocenters. The first-order chi connectivity index (χ1) is 15.5.